The molecule has 1 atom stereocenters. The van der Waals surface area contributed by atoms with Gasteiger partial charge in [-0.1, -0.05) is 17.7 Å². The van der Waals surface area contributed by atoms with Gasteiger partial charge in [-0.2, -0.15) is 0 Å². The molecule has 1 N–H and O–H groups in total. The van der Waals surface area contributed by atoms with Crippen molar-refractivity contribution in [3.8, 4) is 0 Å². The lowest BCUT2D eigenvalue weighted by Gasteiger charge is -2.09. The Morgan fingerprint density at radius 2 is 1.89 bits per heavy atom. The van der Waals surface area contributed by atoms with E-state index in [0.29, 0.717) is 0 Å². The third kappa shape index (κ3) is 2.80. The molecule has 0 radical (unpaired) electrons. The fourth-order valence-electron chi connectivity index (χ4n) is 1.61. The summed E-state index contributed by atoms with van der Waals surface area (Å²) in [7, 11) is -3.51. The summed E-state index contributed by atoms with van der Waals surface area (Å²) in [6.45, 7) is 1.88. The van der Waals surface area contributed by atoms with E-state index in [1.165, 1.54) is 6.26 Å². The predicted molar refractivity (Wildman–Crippen MR) is 66.9 cm³/mol. The summed E-state index contributed by atoms with van der Waals surface area (Å²) in [5.41, 5.74) is 0.987. The first-order valence-electron chi connectivity index (χ1n) is 5.50. The molecule has 1 aromatic heterocycles. The first-order valence-corrected chi connectivity index (χ1v) is 7.15. The Balaban J connectivity index is 2.20. The van der Waals surface area contributed by atoms with Gasteiger partial charge in [-0.15, -0.1) is 0 Å². The van der Waals surface area contributed by atoms with Crippen molar-refractivity contribution in [1.29, 1.82) is 0 Å². The van der Waals surface area contributed by atoms with Crippen molar-refractivity contribution in [3.05, 3.63) is 54.0 Å². The molecule has 0 bridgehead atoms. The maximum atomic E-state index is 12.0. The van der Waals surface area contributed by atoms with E-state index >= 15 is 0 Å². The second-order valence-corrected chi connectivity index (χ2v) is 6.16. The van der Waals surface area contributed by atoms with Crippen LogP contribution in [0, 0.1) is 6.92 Å². The summed E-state index contributed by atoms with van der Waals surface area (Å²) in [5.74, 6) is -0.130. The van der Waals surface area contributed by atoms with E-state index in [-0.39, 0.29) is 16.4 Å². The number of rotatable bonds is 4. The summed E-state index contributed by atoms with van der Waals surface area (Å²) in [5, 5.41) is 9.79. The van der Waals surface area contributed by atoms with Gasteiger partial charge in [-0.3, -0.25) is 0 Å². The standard InChI is InChI=1S/C13H14O4S/c1-10-4-6-11(7-5-10)18(15,16)9-12(14)13-3-2-8-17-13/h2-8,12,14H,9H2,1H3/t12-/m1/s1. The minimum atomic E-state index is -3.51. The molecule has 0 unspecified atom stereocenters. The zero-order valence-corrected chi connectivity index (χ0v) is 10.7. The highest BCUT2D eigenvalue weighted by Crippen LogP contribution is 2.20. The van der Waals surface area contributed by atoms with Gasteiger partial charge >= 0.3 is 0 Å². The highest BCUT2D eigenvalue weighted by atomic mass is 32.2. The molecule has 1 aromatic carbocycles. The Kier molecular flexibility index (Phi) is 3.54. The van der Waals surface area contributed by atoms with Crippen LogP contribution in [0.15, 0.2) is 52.0 Å². The molecule has 4 nitrogen and oxygen atoms in total. The van der Waals surface area contributed by atoms with Gasteiger partial charge in [-0.05, 0) is 31.2 Å². The molecule has 5 heteroatoms. The van der Waals surface area contributed by atoms with Crippen LogP contribution < -0.4 is 0 Å². The van der Waals surface area contributed by atoms with E-state index in [4.69, 9.17) is 4.42 Å². The molecule has 2 aromatic rings. The first kappa shape index (κ1) is 12.9. The molecular formula is C13H14O4S. The van der Waals surface area contributed by atoms with Gasteiger partial charge < -0.3 is 9.52 Å². The van der Waals surface area contributed by atoms with Gasteiger partial charge in [0.2, 0.25) is 0 Å². The van der Waals surface area contributed by atoms with E-state index in [1.807, 2.05) is 6.92 Å². The van der Waals surface area contributed by atoms with Gasteiger partial charge in [0.1, 0.15) is 11.9 Å². The molecule has 96 valence electrons. The largest absolute Gasteiger partial charge is 0.467 e. The number of furan rings is 1. The smallest absolute Gasteiger partial charge is 0.181 e. The van der Waals surface area contributed by atoms with Crippen LogP contribution in [0.3, 0.4) is 0 Å². The number of sulfone groups is 1. The summed E-state index contributed by atoms with van der Waals surface area (Å²) in [6.07, 6.45) is 0.253. The van der Waals surface area contributed by atoms with Gasteiger partial charge in [-0.25, -0.2) is 8.42 Å². The van der Waals surface area contributed by atoms with E-state index in [1.54, 1.807) is 36.4 Å². The third-order valence-corrected chi connectivity index (χ3v) is 4.37. The molecule has 0 saturated heterocycles. The average molecular weight is 266 g/mol. The van der Waals surface area contributed by atoms with E-state index < -0.39 is 15.9 Å². The van der Waals surface area contributed by atoms with Crippen molar-refractivity contribution in [3.63, 3.8) is 0 Å². The SMILES string of the molecule is Cc1ccc(S(=O)(=O)C[C@@H](O)c2ccco2)cc1. The van der Waals surface area contributed by atoms with Crippen molar-refractivity contribution >= 4 is 9.84 Å². The van der Waals surface area contributed by atoms with Crippen molar-refractivity contribution in [2.45, 2.75) is 17.9 Å². The van der Waals surface area contributed by atoms with Crippen molar-refractivity contribution in [2.24, 2.45) is 0 Å². The topological polar surface area (TPSA) is 67.5 Å². The van der Waals surface area contributed by atoms with Crippen LogP contribution in [0.25, 0.3) is 0 Å². The van der Waals surface area contributed by atoms with Crippen molar-refractivity contribution < 1.29 is 17.9 Å². The molecule has 0 aliphatic carbocycles. The maximum Gasteiger partial charge on any atom is 0.181 e. The highest BCUT2D eigenvalue weighted by molar-refractivity contribution is 7.91. The fourth-order valence-corrected chi connectivity index (χ4v) is 2.94. The first-order chi connectivity index (χ1) is 8.49. The lowest BCUT2D eigenvalue weighted by Crippen LogP contribution is -2.14. The normalized spacial score (nSPS) is 13.4. The van der Waals surface area contributed by atoms with E-state index in [2.05, 4.69) is 0 Å². The van der Waals surface area contributed by atoms with Gasteiger partial charge in [0.05, 0.1) is 16.9 Å². The molecule has 0 fully saturated rings. The fraction of sp³-hybridized carbons (Fsp3) is 0.231. The van der Waals surface area contributed by atoms with Gasteiger partial charge in [0, 0.05) is 0 Å². The third-order valence-electron chi connectivity index (χ3n) is 2.63. The summed E-state index contributed by atoms with van der Waals surface area (Å²) in [6, 6.07) is 9.70. The molecule has 0 amide bonds. The number of hydrogen-bond donors (Lipinski definition) is 1. The minimum Gasteiger partial charge on any atom is -0.467 e. The summed E-state index contributed by atoms with van der Waals surface area (Å²) in [4.78, 5) is 0.207. The Bertz CT molecular complexity index is 597. The minimum absolute atomic E-state index is 0.207. The average Bonchev–Trinajstić information content (AvgIpc) is 2.82. The Morgan fingerprint density at radius 1 is 1.22 bits per heavy atom. The zero-order chi connectivity index (χ0) is 13.2. The molecule has 0 saturated carbocycles. The van der Waals surface area contributed by atoms with Crippen LogP contribution in [0.4, 0.5) is 0 Å². The molecular weight excluding hydrogens is 252 g/mol. The molecule has 1 heterocycles. The molecule has 18 heavy (non-hydrogen) atoms. The van der Waals surface area contributed by atoms with Crippen LogP contribution in [0.5, 0.6) is 0 Å². The van der Waals surface area contributed by atoms with Crippen LogP contribution in [0.2, 0.25) is 0 Å². The summed E-state index contributed by atoms with van der Waals surface area (Å²) >= 11 is 0. The highest BCUT2D eigenvalue weighted by Gasteiger charge is 2.22. The monoisotopic (exact) mass is 266 g/mol. The number of aliphatic hydroxyl groups is 1. The lowest BCUT2D eigenvalue weighted by molar-refractivity contribution is 0.172. The van der Waals surface area contributed by atoms with Crippen LogP contribution >= 0.6 is 0 Å². The van der Waals surface area contributed by atoms with Crippen molar-refractivity contribution in [2.75, 3.05) is 5.75 Å². The van der Waals surface area contributed by atoms with Crippen molar-refractivity contribution in [1.82, 2.24) is 0 Å². The van der Waals surface area contributed by atoms with E-state index in [9.17, 15) is 13.5 Å². The summed E-state index contributed by atoms with van der Waals surface area (Å²) < 4.78 is 29.1. The molecule has 0 aliphatic rings. The second kappa shape index (κ2) is 4.96. The number of hydrogen-bond acceptors (Lipinski definition) is 4. The van der Waals surface area contributed by atoms with Crippen LogP contribution in [-0.4, -0.2) is 19.3 Å². The lowest BCUT2D eigenvalue weighted by atomic mass is 10.2. The number of aliphatic hydroxyl groups excluding tert-OH is 1. The molecule has 0 spiro atoms. The van der Waals surface area contributed by atoms with E-state index in [0.717, 1.165) is 5.56 Å². The number of benzene rings is 1. The second-order valence-electron chi connectivity index (χ2n) is 4.13. The zero-order valence-electron chi connectivity index (χ0n) is 9.91. The Hall–Kier alpha value is -1.59. The van der Waals surface area contributed by atoms with Crippen LogP contribution in [0.1, 0.15) is 17.4 Å². The maximum absolute atomic E-state index is 12.0. The number of aryl methyl sites for hydroxylation is 1. The van der Waals surface area contributed by atoms with Crippen LogP contribution in [-0.2, 0) is 9.84 Å². The van der Waals surface area contributed by atoms with Gasteiger partial charge in [0.15, 0.2) is 9.84 Å². The Labute approximate surface area is 106 Å². The molecule has 2 rings (SSSR count). The van der Waals surface area contributed by atoms with Gasteiger partial charge in [0.25, 0.3) is 0 Å². The Morgan fingerprint density at radius 3 is 2.44 bits per heavy atom. The predicted octanol–water partition coefficient (Wildman–Crippen LogP) is 2.10. The quantitative estimate of drug-likeness (QED) is 0.920. The molecule has 0 aliphatic heterocycles.